The van der Waals surface area contributed by atoms with Gasteiger partial charge in [0.25, 0.3) is 5.92 Å². The summed E-state index contributed by atoms with van der Waals surface area (Å²) in [7, 11) is 1.43. The minimum atomic E-state index is -2.81. The zero-order chi connectivity index (χ0) is 12.3. The van der Waals surface area contributed by atoms with Crippen LogP contribution in [0.15, 0.2) is 0 Å². The van der Waals surface area contributed by atoms with E-state index in [4.69, 9.17) is 9.84 Å². The van der Waals surface area contributed by atoms with Crippen LogP contribution in [0.5, 0.6) is 0 Å². The molecule has 16 heavy (non-hydrogen) atoms. The predicted octanol–water partition coefficient (Wildman–Crippen LogP) is 1.21. The summed E-state index contributed by atoms with van der Waals surface area (Å²) in [5.74, 6) is -3.87. The van der Waals surface area contributed by atoms with E-state index < -0.39 is 30.5 Å². The Labute approximate surface area is 93.2 Å². The number of hydrogen-bond donors (Lipinski definition) is 1. The van der Waals surface area contributed by atoms with E-state index in [0.717, 1.165) is 0 Å². The third-order valence-electron chi connectivity index (χ3n) is 2.85. The highest BCUT2D eigenvalue weighted by Crippen LogP contribution is 2.34. The Morgan fingerprint density at radius 2 is 2.31 bits per heavy atom. The van der Waals surface area contributed by atoms with Crippen LogP contribution in [0.1, 0.15) is 19.8 Å². The summed E-state index contributed by atoms with van der Waals surface area (Å²) in [6.07, 6.45) is -0.0176. The van der Waals surface area contributed by atoms with E-state index in [1.165, 1.54) is 12.0 Å². The summed E-state index contributed by atoms with van der Waals surface area (Å²) in [4.78, 5) is 12.3. The van der Waals surface area contributed by atoms with Crippen LogP contribution in [0.25, 0.3) is 0 Å². The Morgan fingerprint density at radius 1 is 1.69 bits per heavy atom. The molecule has 1 aliphatic rings. The molecular weight excluding hydrogens is 220 g/mol. The number of aliphatic carboxylic acids is 1. The Kier molecular flexibility index (Phi) is 4.21. The molecule has 2 atom stereocenters. The van der Waals surface area contributed by atoms with Crippen molar-refractivity contribution in [3.63, 3.8) is 0 Å². The highest BCUT2D eigenvalue weighted by Gasteiger charge is 2.48. The number of hydrogen-bond acceptors (Lipinski definition) is 3. The molecule has 4 nitrogen and oxygen atoms in total. The highest BCUT2D eigenvalue weighted by molar-refractivity contribution is 5.73. The monoisotopic (exact) mass is 237 g/mol. The van der Waals surface area contributed by atoms with Crippen molar-refractivity contribution in [1.29, 1.82) is 0 Å². The van der Waals surface area contributed by atoms with Crippen LogP contribution in [-0.2, 0) is 9.53 Å². The largest absolute Gasteiger partial charge is 0.480 e. The van der Waals surface area contributed by atoms with Crippen LogP contribution in [0.2, 0.25) is 0 Å². The van der Waals surface area contributed by atoms with Gasteiger partial charge in [-0.05, 0) is 6.42 Å². The molecule has 0 saturated carbocycles. The van der Waals surface area contributed by atoms with Crippen molar-refractivity contribution >= 4 is 5.97 Å². The van der Waals surface area contributed by atoms with Crippen molar-refractivity contribution in [1.82, 2.24) is 4.90 Å². The minimum Gasteiger partial charge on any atom is -0.480 e. The average molecular weight is 237 g/mol. The zero-order valence-electron chi connectivity index (χ0n) is 9.45. The second kappa shape index (κ2) is 5.05. The summed E-state index contributed by atoms with van der Waals surface area (Å²) < 4.78 is 31.3. The average Bonchev–Trinajstić information content (AvgIpc) is 2.43. The van der Waals surface area contributed by atoms with Gasteiger partial charge in [0.1, 0.15) is 6.04 Å². The first-order valence-corrected chi connectivity index (χ1v) is 5.26. The maximum absolute atomic E-state index is 13.2. The lowest BCUT2D eigenvalue weighted by Crippen LogP contribution is -2.45. The summed E-state index contributed by atoms with van der Waals surface area (Å²) in [5, 5.41) is 8.96. The van der Waals surface area contributed by atoms with E-state index in [1.54, 1.807) is 6.92 Å². The smallest absolute Gasteiger partial charge is 0.320 e. The SMILES string of the molecule is CCC(C(=O)O)N1CC(F)(F)CC1COC. The second-order valence-electron chi connectivity index (χ2n) is 4.10. The topological polar surface area (TPSA) is 49.8 Å². The number of carboxylic acid groups (broad SMARTS) is 1. The van der Waals surface area contributed by atoms with Crippen molar-refractivity contribution in [2.75, 3.05) is 20.3 Å². The number of carboxylic acids is 1. The lowest BCUT2D eigenvalue weighted by atomic mass is 10.1. The number of halogens is 2. The Hall–Kier alpha value is -0.750. The van der Waals surface area contributed by atoms with Gasteiger partial charge in [0.2, 0.25) is 0 Å². The van der Waals surface area contributed by atoms with Gasteiger partial charge in [0, 0.05) is 19.6 Å². The molecule has 0 aromatic carbocycles. The van der Waals surface area contributed by atoms with Gasteiger partial charge in [-0.25, -0.2) is 8.78 Å². The first-order valence-electron chi connectivity index (χ1n) is 5.26. The number of alkyl halides is 2. The molecule has 0 amide bonds. The van der Waals surface area contributed by atoms with E-state index in [-0.39, 0.29) is 13.0 Å². The van der Waals surface area contributed by atoms with Crippen molar-refractivity contribution in [3.05, 3.63) is 0 Å². The quantitative estimate of drug-likeness (QED) is 0.780. The van der Waals surface area contributed by atoms with Crippen LogP contribution in [-0.4, -0.2) is 54.2 Å². The van der Waals surface area contributed by atoms with E-state index in [0.29, 0.717) is 6.42 Å². The maximum atomic E-state index is 13.2. The fraction of sp³-hybridized carbons (Fsp3) is 0.900. The third kappa shape index (κ3) is 2.89. The summed E-state index contributed by atoms with van der Waals surface area (Å²) in [5.41, 5.74) is 0. The molecule has 1 rings (SSSR count). The molecule has 0 spiro atoms. The zero-order valence-corrected chi connectivity index (χ0v) is 9.45. The molecular formula is C10H17F2NO3. The highest BCUT2D eigenvalue weighted by atomic mass is 19.3. The van der Waals surface area contributed by atoms with Crippen LogP contribution < -0.4 is 0 Å². The molecule has 1 fully saturated rings. The molecule has 0 bridgehead atoms. The first-order chi connectivity index (χ1) is 7.41. The molecule has 1 N–H and O–H groups in total. The molecule has 6 heteroatoms. The van der Waals surface area contributed by atoms with Crippen LogP contribution in [0, 0.1) is 0 Å². The van der Waals surface area contributed by atoms with E-state index in [1.807, 2.05) is 0 Å². The number of carbonyl (C=O) groups is 1. The van der Waals surface area contributed by atoms with E-state index in [2.05, 4.69) is 0 Å². The van der Waals surface area contributed by atoms with Crippen LogP contribution >= 0.6 is 0 Å². The Morgan fingerprint density at radius 3 is 2.75 bits per heavy atom. The van der Waals surface area contributed by atoms with Gasteiger partial charge < -0.3 is 9.84 Å². The maximum Gasteiger partial charge on any atom is 0.320 e. The standard InChI is InChI=1S/C10H17F2NO3/c1-3-8(9(14)15)13-6-10(11,12)4-7(13)5-16-2/h7-8H,3-6H2,1-2H3,(H,14,15). The van der Waals surface area contributed by atoms with Crippen LogP contribution in [0.3, 0.4) is 0 Å². The molecule has 0 aliphatic carbocycles. The molecule has 2 unspecified atom stereocenters. The van der Waals surface area contributed by atoms with E-state index in [9.17, 15) is 13.6 Å². The van der Waals surface area contributed by atoms with Crippen molar-refractivity contribution in [2.24, 2.45) is 0 Å². The number of likely N-dealkylation sites (tertiary alicyclic amines) is 1. The van der Waals surface area contributed by atoms with Crippen molar-refractivity contribution in [3.8, 4) is 0 Å². The molecule has 1 heterocycles. The molecule has 0 radical (unpaired) electrons. The molecule has 94 valence electrons. The summed E-state index contributed by atoms with van der Waals surface area (Å²) >= 11 is 0. The van der Waals surface area contributed by atoms with Gasteiger partial charge in [-0.2, -0.15) is 0 Å². The second-order valence-corrected chi connectivity index (χ2v) is 4.10. The van der Waals surface area contributed by atoms with Gasteiger partial charge in [0.05, 0.1) is 13.2 Å². The Balaban J connectivity index is 2.79. The van der Waals surface area contributed by atoms with E-state index >= 15 is 0 Å². The fourth-order valence-electron chi connectivity index (χ4n) is 2.19. The number of ether oxygens (including phenoxy) is 1. The lowest BCUT2D eigenvalue weighted by molar-refractivity contribution is -0.144. The normalized spacial score (nSPS) is 26.9. The summed E-state index contributed by atoms with van der Waals surface area (Å²) in [6.45, 7) is 1.32. The van der Waals surface area contributed by atoms with Gasteiger partial charge >= 0.3 is 5.97 Å². The number of methoxy groups -OCH3 is 1. The third-order valence-corrected chi connectivity index (χ3v) is 2.85. The van der Waals surface area contributed by atoms with Gasteiger partial charge in [0.15, 0.2) is 0 Å². The molecule has 0 aromatic heterocycles. The first kappa shape index (κ1) is 13.3. The van der Waals surface area contributed by atoms with Gasteiger partial charge in [-0.15, -0.1) is 0 Å². The van der Waals surface area contributed by atoms with Gasteiger partial charge in [-0.3, -0.25) is 9.69 Å². The van der Waals surface area contributed by atoms with Crippen molar-refractivity contribution < 1.29 is 23.4 Å². The van der Waals surface area contributed by atoms with Gasteiger partial charge in [-0.1, -0.05) is 6.92 Å². The molecule has 1 aliphatic heterocycles. The predicted molar refractivity (Wildman–Crippen MR) is 53.6 cm³/mol. The Bertz CT molecular complexity index is 260. The minimum absolute atomic E-state index is 0.138. The lowest BCUT2D eigenvalue weighted by Gasteiger charge is -2.28. The number of nitrogens with zero attached hydrogens (tertiary/aromatic N) is 1. The fourth-order valence-corrected chi connectivity index (χ4v) is 2.19. The van der Waals surface area contributed by atoms with Crippen molar-refractivity contribution in [2.45, 2.75) is 37.8 Å². The molecule has 0 aromatic rings. The molecule has 1 saturated heterocycles. The summed E-state index contributed by atoms with van der Waals surface area (Å²) in [6, 6.07) is -1.37. The number of rotatable bonds is 5. The van der Waals surface area contributed by atoms with Crippen LogP contribution in [0.4, 0.5) is 8.78 Å².